The van der Waals surface area contributed by atoms with Gasteiger partial charge in [-0.3, -0.25) is 4.79 Å². The largest absolute Gasteiger partial charge is 0.481 e. The number of rotatable bonds is 6. The van der Waals surface area contributed by atoms with E-state index in [1.54, 1.807) is 0 Å². The number of carboxylic acids is 1. The molecule has 1 aromatic carbocycles. The summed E-state index contributed by atoms with van der Waals surface area (Å²) in [5.74, 6) is -0.771. The lowest BCUT2D eigenvalue weighted by Gasteiger charge is -2.17. The molecule has 0 saturated carbocycles. The lowest BCUT2D eigenvalue weighted by molar-refractivity contribution is -0.137. The van der Waals surface area contributed by atoms with Crippen LogP contribution >= 0.6 is 0 Å². The number of aliphatic hydroxyl groups excluding tert-OH is 1. The van der Waals surface area contributed by atoms with E-state index in [-0.39, 0.29) is 6.42 Å². The third kappa shape index (κ3) is 4.15. The van der Waals surface area contributed by atoms with Gasteiger partial charge in [-0.25, -0.2) is 0 Å². The summed E-state index contributed by atoms with van der Waals surface area (Å²) < 4.78 is 0. The number of carbonyl (C=O) groups is 1. The van der Waals surface area contributed by atoms with Crippen LogP contribution in [0.5, 0.6) is 0 Å². The number of aliphatic carboxylic acids is 1. The highest BCUT2D eigenvalue weighted by Gasteiger charge is 2.13. The number of hydrogen-bond acceptors (Lipinski definition) is 2. The Balaban J connectivity index is 2.61. The van der Waals surface area contributed by atoms with Crippen molar-refractivity contribution in [3.05, 3.63) is 34.4 Å². The molecule has 0 aliphatic carbocycles. The summed E-state index contributed by atoms with van der Waals surface area (Å²) in [7, 11) is 0. The van der Waals surface area contributed by atoms with Gasteiger partial charge in [0.1, 0.15) is 0 Å². The SMILES string of the molecule is Cc1cc(C)c(C(O)CCCCC(=O)O)c(C)c1. The highest BCUT2D eigenvalue weighted by atomic mass is 16.4. The van der Waals surface area contributed by atoms with E-state index in [0.29, 0.717) is 12.8 Å². The minimum atomic E-state index is -0.771. The molecule has 0 radical (unpaired) electrons. The van der Waals surface area contributed by atoms with E-state index < -0.39 is 12.1 Å². The van der Waals surface area contributed by atoms with E-state index in [4.69, 9.17) is 5.11 Å². The summed E-state index contributed by atoms with van der Waals surface area (Å²) in [6.45, 7) is 6.06. The fraction of sp³-hybridized carbons (Fsp3) is 0.533. The van der Waals surface area contributed by atoms with Crippen LogP contribution in [0.4, 0.5) is 0 Å². The molecule has 0 fully saturated rings. The van der Waals surface area contributed by atoms with Gasteiger partial charge < -0.3 is 10.2 Å². The summed E-state index contributed by atoms with van der Waals surface area (Å²) in [5, 5.41) is 18.7. The summed E-state index contributed by atoms with van der Waals surface area (Å²) in [6.07, 6.45) is 1.67. The van der Waals surface area contributed by atoms with Crippen molar-refractivity contribution in [1.82, 2.24) is 0 Å². The Morgan fingerprint density at radius 2 is 1.72 bits per heavy atom. The Bertz CT molecular complexity index is 401. The van der Waals surface area contributed by atoms with E-state index >= 15 is 0 Å². The van der Waals surface area contributed by atoms with Crippen LogP contribution in [0.3, 0.4) is 0 Å². The third-order valence-electron chi connectivity index (χ3n) is 3.19. The van der Waals surface area contributed by atoms with Crippen molar-refractivity contribution in [3.63, 3.8) is 0 Å². The number of unbranched alkanes of at least 4 members (excludes halogenated alkanes) is 1. The van der Waals surface area contributed by atoms with Crippen LogP contribution < -0.4 is 0 Å². The molecule has 3 nitrogen and oxygen atoms in total. The lowest BCUT2D eigenvalue weighted by atomic mass is 9.93. The molecule has 1 atom stereocenters. The van der Waals surface area contributed by atoms with Gasteiger partial charge in [-0.2, -0.15) is 0 Å². The molecule has 0 heterocycles. The van der Waals surface area contributed by atoms with Crippen molar-refractivity contribution in [2.45, 2.75) is 52.6 Å². The summed E-state index contributed by atoms with van der Waals surface area (Å²) in [5.41, 5.74) is 4.42. The smallest absolute Gasteiger partial charge is 0.303 e. The van der Waals surface area contributed by atoms with Gasteiger partial charge in [0, 0.05) is 6.42 Å². The molecule has 1 rings (SSSR count). The third-order valence-corrected chi connectivity index (χ3v) is 3.19. The van der Waals surface area contributed by atoms with E-state index in [1.165, 1.54) is 5.56 Å². The van der Waals surface area contributed by atoms with Crippen LogP contribution in [0.2, 0.25) is 0 Å². The quantitative estimate of drug-likeness (QED) is 0.762. The lowest BCUT2D eigenvalue weighted by Crippen LogP contribution is -2.04. The fourth-order valence-electron chi connectivity index (χ4n) is 2.48. The first-order chi connectivity index (χ1) is 8.41. The molecule has 0 aliphatic rings. The van der Waals surface area contributed by atoms with Gasteiger partial charge in [-0.1, -0.05) is 17.7 Å². The molecule has 0 saturated heterocycles. The summed E-state index contributed by atoms with van der Waals surface area (Å²) in [4.78, 5) is 10.4. The fourth-order valence-corrected chi connectivity index (χ4v) is 2.48. The van der Waals surface area contributed by atoms with E-state index in [0.717, 1.165) is 23.1 Å². The van der Waals surface area contributed by atoms with Crippen LogP contribution in [0, 0.1) is 20.8 Å². The van der Waals surface area contributed by atoms with Gasteiger partial charge in [0.05, 0.1) is 6.10 Å². The predicted molar refractivity (Wildman–Crippen MR) is 71.7 cm³/mol. The second-order valence-electron chi connectivity index (χ2n) is 4.97. The normalized spacial score (nSPS) is 12.4. The minimum absolute atomic E-state index is 0.179. The molecule has 0 spiro atoms. The van der Waals surface area contributed by atoms with Gasteiger partial charge in [-0.15, -0.1) is 0 Å². The molecule has 1 aromatic rings. The Morgan fingerprint density at radius 1 is 1.17 bits per heavy atom. The predicted octanol–water partition coefficient (Wildman–Crippen LogP) is 3.29. The van der Waals surface area contributed by atoms with Crippen molar-refractivity contribution in [3.8, 4) is 0 Å². The Morgan fingerprint density at radius 3 is 2.22 bits per heavy atom. The monoisotopic (exact) mass is 250 g/mol. The van der Waals surface area contributed by atoms with Crippen molar-refractivity contribution in [1.29, 1.82) is 0 Å². The number of aliphatic hydroxyl groups is 1. The second-order valence-corrected chi connectivity index (χ2v) is 4.97. The summed E-state index contributed by atoms with van der Waals surface area (Å²) >= 11 is 0. The van der Waals surface area contributed by atoms with Gasteiger partial charge in [-0.05, 0) is 56.7 Å². The number of hydrogen-bond donors (Lipinski definition) is 2. The zero-order valence-electron chi connectivity index (χ0n) is 11.4. The average molecular weight is 250 g/mol. The van der Waals surface area contributed by atoms with Gasteiger partial charge in [0.15, 0.2) is 0 Å². The zero-order chi connectivity index (χ0) is 13.7. The second kappa shape index (κ2) is 6.55. The summed E-state index contributed by atoms with van der Waals surface area (Å²) in [6, 6.07) is 4.14. The molecule has 2 N–H and O–H groups in total. The van der Waals surface area contributed by atoms with E-state index in [2.05, 4.69) is 12.1 Å². The highest BCUT2D eigenvalue weighted by Crippen LogP contribution is 2.27. The topological polar surface area (TPSA) is 57.5 Å². The van der Waals surface area contributed by atoms with Crippen LogP contribution in [-0.2, 0) is 4.79 Å². The first-order valence-electron chi connectivity index (χ1n) is 6.39. The maximum atomic E-state index is 10.4. The van der Waals surface area contributed by atoms with Crippen molar-refractivity contribution < 1.29 is 15.0 Å². The number of aryl methyl sites for hydroxylation is 3. The molecule has 0 aromatic heterocycles. The molecule has 0 amide bonds. The van der Waals surface area contributed by atoms with E-state index in [1.807, 2.05) is 20.8 Å². The number of benzene rings is 1. The van der Waals surface area contributed by atoms with Crippen LogP contribution in [0.1, 0.15) is 54.0 Å². The van der Waals surface area contributed by atoms with Gasteiger partial charge in [0.2, 0.25) is 0 Å². The molecule has 18 heavy (non-hydrogen) atoms. The van der Waals surface area contributed by atoms with Crippen molar-refractivity contribution in [2.75, 3.05) is 0 Å². The molecule has 1 unspecified atom stereocenters. The molecule has 100 valence electrons. The Labute approximate surface area is 108 Å². The van der Waals surface area contributed by atoms with Crippen LogP contribution in [-0.4, -0.2) is 16.2 Å². The molecular formula is C15H22O3. The minimum Gasteiger partial charge on any atom is -0.481 e. The van der Waals surface area contributed by atoms with Crippen LogP contribution in [0.15, 0.2) is 12.1 Å². The first-order valence-corrected chi connectivity index (χ1v) is 6.39. The molecular weight excluding hydrogens is 228 g/mol. The van der Waals surface area contributed by atoms with Gasteiger partial charge >= 0.3 is 5.97 Å². The van der Waals surface area contributed by atoms with Gasteiger partial charge in [0.25, 0.3) is 0 Å². The van der Waals surface area contributed by atoms with Crippen molar-refractivity contribution >= 4 is 5.97 Å². The highest BCUT2D eigenvalue weighted by molar-refractivity contribution is 5.66. The van der Waals surface area contributed by atoms with E-state index in [9.17, 15) is 9.90 Å². The molecule has 0 aliphatic heterocycles. The Kier molecular flexibility index (Phi) is 5.35. The first kappa shape index (κ1) is 14.7. The molecule has 0 bridgehead atoms. The standard InChI is InChI=1S/C15H22O3/c1-10-8-11(2)15(12(3)9-10)13(16)6-4-5-7-14(17)18/h8-9,13,16H,4-7H2,1-3H3,(H,17,18). The van der Waals surface area contributed by atoms with Crippen LogP contribution in [0.25, 0.3) is 0 Å². The molecule has 3 heteroatoms. The zero-order valence-corrected chi connectivity index (χ0v) is 11.4. The Hall–Kier alpha value is -1.35. The maximum absolute atomic E-state index is 10.4. The maximum Gasteiger partial charge on any atom is 0.303 e. The number of carboxylic acid groups (broad SMARTS) is 1. The average Bonchev–Trinajstić information content (AvgIpc) is 2.22. The van der Waals surface area contributed by atoms with Crippen molar-refractivity contribution in [2.24, 2.45) is 0 Å².